The summed E-state index contributed by atoms with van der Waals surface area (Å²) in [4.78, 5) is 11.5. The van der Waals surface area contributed by atoms with Crippen LogP contribution in [0.2, 0.25) is 0 Å². The van der Waals surface area contributed by atoms with E-state index in [1.165, 1.54) is 0 Å². The van der Waals surface area contributed by atoms with Crippen molar-refractivity contribution in [3.63, 3.8) is 0 Å². The number of esters is 1. The smallest absolute Gasteiger partial charge is 0.326 e. The number of aromatic nitrogens is 1. The summed E-state index contributed by atoms with van der Waals surface area (Å²) in [5, 5.41) is 3.23. The minimum absolute atomic E-state index is 0.0553. The number of hydrogen-bond donors (Lipinski definition) is 1. The van der Waals surface area contributed by atoms with Crippen molar-refractivity contribution in [1.29, 1.82) is 0 Å². The van der Waals surface area contributed by atoms with Crippen LogP contribution in [0, 0.1) is 0 Å². The second kappa shape index (κ2) is 6.33. The number of carbonyl (C=O) groups excluding carboxylic acids is 1. The van der Waals surface area contributed by atoms with Crippen molar-refractivity contribution < 1.29 is 9.53 Å². The average Bonchev–Trinajstić information content (AvgIpc) is 2.61. The van der Waals surface area contributed by atoms with Crippen molar-refractivity contribution in [1.82, 2.24) is 9.88 Å². The van der Waals surface area contributed by atoms with Gasteiger partial charge in [-0.25, -0.2) is 0 Å². The lowest BCUT2D eigenvalue weighted by Crippen LogP contribution is -2.20. The molecule has 0 aromatic carbocycles. The zero-order valence-electron chi connectivity index (χ0n) is 10.2. The molecular formula is C12H20N2O2. The van der Waals surface area contributed by atoms with Crippen LogP contribution in [0.3, 0.4) is 0 Å². The van der Waals surface area contributed by atoms with Gasteiger partial charge < -0.3 is 14.6 Å². The molecule has 0 atom stereocenters. The largest absolute Gasteiger partial charge is 0.462 e. The molecule has 0 bridgehead atoms. The van der Waals surface area contributed by atoms with Gasteiger partial charge in [-0.05, 0) is 32.5 Å². The monoisotopic (exact) mass is 224 g/mol. The van der Waals surface area contributed by atoms with Crippen LogP contribution >= 0.6 is 0 Å². The van der Waals surface area contributed by atoms with Crippen LogP contribution in [0.25, 0.3) is 0 Å². The molecule has 1 heterocycles. The van der Waals surface area contributed by atoms with Crippen LogP contribution in [-0.4, -0.2) is 23.2 Å². The van der Waals surface area contributed by atoms with Gasteiger partial charge >= 0.3 is 5.97 Å². The summed E-state index contributed by atoms with van der Waals surface area (Å²) in [6, 6.07) is 3.95. The van der Waals surface area contributed by atoms with E-state index in [9.17, 15) is 4.79 Å². The van der Waals surface area contributed by atoms with Gasteiger partial charge in [0.2, 0.25) is 0 Å². The quantitative estimate of drug-likeness (QED) is 0.745. The maximum atomic E-state index is 11.5. The molecule has 1 rings (SSSR count). The lowest BCUT2D eigenvalue weighted by Gasteiger charge is -2.11. The fraction of sp³-hybridized carbons (Fsp3) is 0.583. The summed E-state index contributed by atoms with van der Waals surface area (Å²) in [5.74, 6) is -0.191. The van der Waals surface area contributed by atoms with Gasteiger partial charge in [-0.15, -0.1) is 0 Å². The molecule has 16 heavy (non-hydrogen) atoms. The van der Waals surface area contributed by atoms with Gasteiger partial charge in [-0.1, -0.05) is 6.92 Å². The zero-order chi connectivity index (χ0) is 12.0. The fourth-order valence-corrected chi connectivity index (χ4v) is 1.46. The van der Waals surface area contributed by atoms with Crippen LogP contribution in [0.5, 0.6) is 0 Å². The van der Waals surface area contributed by atoms with E-state index >= 15 is 0 Å². The Morgan fingerprint density at radius 1 is 1.56 bits per heavy atom. The van der Waals surface area contributed by atoms with E-state index in [-0.39, 0.29) is 18.6 Å². The Hall–Kier alpha value is -1.29. The van der Waals surface area contributed by atoms with E-state index in [4.69, 9.17) is 4.74 Å². The predicted octanol–water partition coefficient (Wildman–Crippen LogP) is 1.55. The number of nitrogens with one attached hydrogen (secondary N) is 1. The minimum Gasteiger partial charge on any atom is -0.462 e. The molecule has 0 saturated heterocycles. The number of rotatable bonds is 6. The van der Waals surface area contributed by atoms with E-state index < -0.39 is 0 Å². The first-order valence-electron chi connectivity index (χ1n) is 5.67. The van der Waals surface area contributed by atoms with Crippen LogP contribution in [0.1, 0.15) is 26.5 Å². The SMILES string of the molecule is CCNCc1cccn1CC(=O)OC(C)C. The van der Waals surface area contributed by atoms with E-state index in [1.807, 2.05) is 36.7 Å². The van der Waals surface area contributed by atoms with Crippen molar-refractivity contribution in [3.05, 3.63) is 24.0 Å². The van der Waals surface area contributed by atoms with Gasteiger partial charge in [-0.2, -0.15) is 0 Å². The van der Waals surface area contributed by atoms with Crippen LogP contribution in [0.15, 0.2) is 18.3 Å². The highest BCUT2D eigenvalue weighted by Crippen LogP contribution is 2.03. The molecule has 0 aliphatic carbocycles. The van der Waals surface area contributed by atoms with Gasteiger partial charge in [0, 0.05) is 18.4 Å². The molecule has 1 aromatic rings. The molecule has 0 saturated carbocycles. The second-order valence-electron chi connectivity index (χ2n) is 3.95. The van der Waals surface area contributed by atoms with Gasteiger partial charge in [0.1, 0.15) is 6.54 Å². The molecule has 1 N–H and O–H groups in total. The summed E-state index contributed by atoms with van der Waals surface area (Å²) in [7, 11) is 0. The minimum atomic E-state index is -0.191. The van der Waals surface area contributed by atoms with Crippen molar-refractivity contribution in [2.24, 2.45) is 0 Å². The molecule has 4 heteroatoms. The fourth-order valence-electron chi connectivity index (χ4n) is 1.46. The molecule has 0 radical (unpaired) electrons. The zero-order valence-corrected chi connectivity index (χ0v) is 10.2. The van der Waals surface area contributed by atoms with Gasteiger partial charge in [-0.3, -0.25) is 4.79 Å². The first-order chi connectivity index (χ1) is 7.63. The molecule has 4 nitrogen and oxygen atoms in total. The number of ether oxygens (including phenoxy) is 1. The van der Waals surface area contributed by atoms with E-state index in [1.54, 1.807) is 0 Å². The second-order valence-corrected chi connectivity index (χ2v) is 3.95. The molecule has 0 spiro atoms. The summed E-state index contributed by atoms with van der Waals surface area (Å²) in [6.45, 7) is 7.74. The topological polar surface area (TPSA) is 43.3 Å². The van der Waals surface area contributed by atoms with Gasteiger partial charge in [0.05, 0.1) is 6.10 Å². The average molecular weight is 224 g/mol. The van der Waals surface area contributed by atoms with Crippen molar-refractivity contribution in [2.75, 3.05) is 6.54 Å². The predicted molar refractivity (Wildman–Crippen MR) is 63.0 cm³/mol. The Labute approximate surface area is 96.6 Å². The molecule has 1 aromatic heterocycles. The summed E-state index contributed by atoms with van der Waals surface area (Å²) in [5.41, 5.74) is 1.10. The molecule has 0 unspecified atom stereocenters. The van der Waals surface area contributed by atoms with Crippen molar-refractivity contribution in [2.45, 2.75) is 40.0 Å². The molecule has 0 aliphatic heterocycles. The molecule has 0 amide bonds. The van der Waals surface area contributed by atoms with E-state index in [2.05, 4.69) is 12.2 Å². The summed E-state index contributed by atoms with van der Waals surface area (Å²) in [6.07, 6.45) is 1.84. The van der Waals surface area contributed by atoms with E-state index in [0.29, 0.717) is 0 Å². The summed E-state index contributed by atoms with van der Waals surface area (Å²) < 4.78 is 7.01. The number of hydrogen-bond acceptors (Lipinski definition) is 3. The Morgan fingerprint density at radius 2 is 2.31 bits per heavy atom. The summed E-state index contributed by atoms with van der Waals surface area (Å²) >= 11 is 0. The highest BCUT2D eigenvalue weighted by atomic mass is 16.5. The number of nitrogens with zero attached hydrogens (tertiary/aromatic N) is 1. The lowest BCUT2D eigenvalue weighted by atomic mass is 10.4. The Kier molecular flexibility index (Phi) is 5.05. The Morgan fingerprint density at radius 3 is 2.94 bits per heavy atom. The normalized spacial score (nSPS) is 10.8. The standard InChI is InChI=1S/C12H20N2O2/c1-4-13-8-11-6-5-7-14(11)9-12(15)16-10(2)3/h5-7,10,13H,4,8-9H2,1-3H3. The molecule has 0 fully saturated rings. The molecule has 0 aliphatic rings. The maximum Gasteiger partial charge on any atom is 0.326 e. The third-order valence-corrected chi connectivity index (χ3v) is 2.15. The Balaban J connectivity index is 2.52. The van der Waals surface area contributed by atoms with Gasteiger partial charge in [0.25, 0.3) is 0 Å². The van der Waals surface area contributed by atoms with Crippen molar-refractivity contribution in [3.8, 4) is 0 Å². The highest BCUT2D eigenvalue weighted by molar-refractivity contribution is 5.69. The third kappa shape index (κ3) is 4.06. The first kappa shape index (κ1) is 12.8. The first-order valence-corrected chi connectivity index (χ1v) is 5.67. The highest BCUT2D eigenvalue weighted by Gasteiger charge is 2.08. The van der Waals surface area contributed by atoms with Crippen molar-refractivity contribution >= 4 is 5.97 Å². The van der Waals surface area contributed by atoms with Crippen LogP contribution in [-0.2, 0) is 22.6 Å². The number of carbonyl (C=O) groups is 1. The maximum absolute atomic E-state index is 11.5. The van der Waals surface area contributed by atoms with Crippen LogP contribution < -0.4 is 5.32 Å². The third-order valence-electron chi connectivity index (χ3n) is 2.15. The molecule has 90 valence electrons. The lowest BCUT2D eigenvalue weighted by molar-refractivity contribution is -0.148. The Bertz CT molecular complexity index is 332. The molecular weight excluding hydrogens is 204 g/mol. The van der Waals surface area contributed by atoms with Crippen LogP contribution in [0.4, 0.5) is 0 Å². The van der Waals surface area contributed by atoms with Gasteiger partial charge in [0.15, 0.2) is 0 Å². The van der Waals surface area contributed by atoms with E-state index in [0.717, 1.165) is 18.8 Å².